The maximum absolute atomic E-state index is 14.5. The van der Waals surface area contributed by atoms with E-state index >= 15 is 0 Å². The Morgan fingerprint density at radius 3 is 1.49 bits per heavy atom. The minimum absolute atomic E-state index is 0.0798. The first-order valence-corrected chi connectivity index (χ1v) is 20.9. The molecule has 1 saturated heterocycles. The molecule has 6 atom stereocenters. The Labute approximate surface area is 302 Å². The van der Waals surface area contributed by atoms with Crippen LogP contribution in [0.25, 0.3) is 0 Å². The Balaban J connectivity index is 1.64. The largest absolute Gasteiger partial charge is 0.452 e. The SMILES string of the molecule is Cc1ccc(S(=O)[C@@H]2O[C@H](CO[Si](C)(C)C(C)(C)C)[C@H](OC(=O)c3ccccc3)[C@H](OC(=O)c3ccccc3)[C@H]2OC(=O)c2ccccc2)cc1. The molecule has 0 aliphatic carbocycles. The lowest BCUT2D eigenvalue weighted by molar-refractivity contribution is -0.207. The van der Waals surface area contributed by atoms with Crippen LogP contribution in [0.3, 0.4) is 0 Å². The number of aryl methyl sites for hydroxylation is 1. The molecule has 1 fully saturated rings. The zero-order valence-electron chi connectivity index (χ0n) is 29.6. The van der Waals surface area contributed by atoms with E-state index in [2.05, 4.69) is 33.9 Å². The molecule has 1 unspecified atom stereocenters. The molecule has 268 valence electrons. The summed E-state index contributed by atoms with van der Waals surface area (Å²) in [5.74, 6) is -2.23. The number of hydrogen-bond acceptors (Lipinski definition) is 9. The summed E-state index contributed by atoms with van der Waals surface area (Å²) < 4.78 is 46.2. The summed E-state index contributed by atoms with van der Waals surface area (Å²) in [7, 11) is -4.39. The predicted molar refractivity (Wildman–Crippen MR) is 196 cm³/mol. The molecule has 4 aromatic rings. The number of hydrogen-bond donors (Lipinski definition) is 0. The molecule has 0 N–H and O–H groups in total. The second kappa shape index (κ2) is 16.3. The van der Waals surface area contributed by atoms with Gasteiger partial charge in [-0.3, -0.25) is 4.21 Å². The summed E-state index contributed by atoms with van der Waals surface area (Å²) in [6.45, 7) is 12.2. The van der Waals surface area contributed by atoms with Crippen LogP contribution in [-0.4, -0.2) is 66.9 Å². The van der Waals surface area contributed by atoms with Crippen LogP contribution < -0.4 is 0 Å². The lowest BCUT2D eigenvalue weighted by Crippen LogP contribution is -2.64. The normalized spacial score (nSPS) is 21.3. The molecule has 0 spiro atoms. The van der Waals surface area contributed by atoms with Crippen molar-refractivity contribution >= 4 is 37.0 Å². The molecule has 1 heterocycles. The summed E-state index contributed by atoms with van der Waals surface area (Å²) in [5.41, 5.74) is 0.282. The molecule has 0 saturated carbocycles. The first-order valence-electron chi connectivity index (χ1n) is 16.8. The van der Waals surface area contributed by atoms with Gasteiger partial charge < -0.3 is 23.4 Å². The molecule has 1 aliphatic heterocycles. The van der Waals surface area contributed by atoms with Crippen LogP contribution in [0.4, 0.5) is 0 Å². The van der Waals surface area contributed by atoms with Gasteiger partial charge >= 0.3 is 17.9 Å². The highest BCUT2D eigenvalue weighted by molar-refractivity contribution is 7.85. The van der Waals surface area contributed by atoms with Crippen molar-refractivity contribution in [3.8, 4) is 0 Å². The molecule has 9 nitrogen and oxygen atoms in total. The number of carbonyl (C=O) groups is 3. The number of esters is 3. The molecular formula is C40H44O9SSi. The van der Waals surface area contributed by atoms with Crippen molar-refractivity contribution in [2.45, 2.75) is 80.6 Å². The van der Waals surface area contributed by atoms with Crippen LogP contribution in [0.1, 0.15) is 57.4 Å². The lowest BCUT2D eigenvalue weighted by Gasteiger charge is -2.45. The quantitative estimate of drug-likeness (QED) is 0.0879. The Hall–Kier alpha value is -4.42. The minimum Gasteiger partial charge on any atom is -0.452 e. The van der Waals surface area contributed by atoms with Crippen LogP contribution in [0, 0.1) is 6.92 Å². The fourth-order valence-electron chi connectivity index (χ4n) is 5.20. The summed E-state index contributed by atoms with van der Waals surface area (Å²) >= 11 is 0. The van der Waals surface area contributed by atoms with E-state index < -0.39 is 66.9 Å². The molecule has 5 rings (SSSR count). The van der Waals surface area contributed by atoms with Crippen LogP contribution >= 0.6 is 0 Å². The van der Waals surface area contributed by atoms with Crippen molar-refractivity contribution in [2.24, 2.45) is 0 Å². The topological polar surface area (TPSA) is 114 Å². The summed E-state index contributed by atoms with van der Waals surface area (Å²) in [5, 5.41) is -0.186. The van der Waals surface area contributed by atoms with Crippen LogP contribution in [-0.2, 0) is 34.2 Å². The zero-order chi connectivity index (χ0) is 36.8. The number of carbonyl (C=O) groups excluding carboxylic acids is 3. The van der Waals surface area contributed by atoms with Crippen molar-refractivity contribution in [2.75, 3.05) is 6.61 Å². The van der Waals surface area contributed by atoms with Crippen LogP contribution in [0.5, 0.6) is 0 Å². The Morgan fingerprint density at radius 2 is 1.06 bits per heavy atom. The molecule has 4 aromatic carbocycles. The van der Waals surface area contributed by atoms with E-state index in [1.807, 2.05) is 19.1 Å². The molecule has 0 aromatic heterocycles. The maximum atomic E-state index is 14.5. The monoisotopic (exact) mass is 728 g/mol. The number of ether oxygens (including phenoxy) is 4. The van der Waals surface area contributed by atoms with Crippen LogP contribution in [0.2, 0.25) is 18.1 Å². The zero-order valence-corrected chi connectivity index (χ0v) is 31.5. The standard InChI is InChI=1S/C40H44O9SSi/c1-27-22-24-31(25-23-27)50(44)39-35(49-38(43)30-20-14-9-15-21-30)34(48-37(42)29-18-12-8-13-19-29)33(47-36(41)28-16-10-7-11-17-28)32(46-39)26-45-51(5,6)40(2,3)4/h7-25,32-35,39H,26H2,1-6H3/t32-,33+,34+,35-,39+,50?/m1/s1. The van der Waals surface area contributed by atoms with Crippen molar-refractivity contribution in [1.29, 1.82) is 0 Å². The van der Waals surface area contributed by atoms with Crippen molar-refractivity contribution < 1.29 is 42.0 Å². The second-order valence-electron chi connectivity index (χ2n) is 13.9. The fourth-order valence-corrected chi connectivity index (χ4v) is 7.58. The van der Waals surface area contributed by atoms with Gasteiger partial charge in [-0.15, -0.1) is 0 Å². The van der Waals surface area contributed by atoms with Crippen molar-refractivity contribution in [1.82, 2.24) is 0 Å². The average molecular weight is 729 g/mol. The van der Waals surface area contributed by atoms with Gasteiger partial charge in [0.1, 0.15) is 6.10 Å². The Bertz CT molecular complexity index is 1810. The average Bonchev–Trinajstić information content (AvgIpc) is 3.13. The van der Waals surface area contributed by atoms with Crippen molar-refractivity contribution in [3.05, 3.63) is 138 Å². The molecule has 0 bridgehead atoms. The molecule has 11 heteroatoms. The molecule has 1 aliphatic rings. The molecular weight excluding hydrogens is 685 g/mol. The highest BCUT2D eigenvalue weighted by Crippen LogP contribution is 2.39. The second-order valence-corrected chi connectivity index (χ2v) is 20.3. The first-order chi connectivity index (χ1) is 24.2. The smallest absolute Gasteiger partial charge is 0.338 e. The third-order valence-electron chi connectivity index (χ3n) is 9.23. The predicted octanol–water partition coefficient (Wildman–Crippen LogP) is 7.53. The van der Waals surface area contributed by atoms with Gasteiger partial charge in [-0.1, -0.05) is 93.1 Å². The van der Waals surface area contributed by atoms with Gasteiger partial charge in [-0.2, -0.15) is 0 Å². The number of benzene rings is 4. The Morgan fingerprint density at radius 1 is 0.647 bits per heavy atom. The maximum Gasteiger partial charge on any atom is 0.338 e. The third-order valence-corrected chi connectivity index (χ3v) is 15.3. The summed E-state index contributed by atoms with van der Waals surface area (Å²) in [6.07, 6.45) is -5.36. The van der Waals surface area contributed by atoms with E-state index in [-0.39, 0.29) is 28.3 Å². The van der Waals surface area contributed by atoms with Gasteiger partial charge in [-0.25, -0.2) is 14.4 Å². The third kappa shape index (κ3) is 9.28. The van der Waals surface area contributed by atoms with E-state index in [0.29, 0.717) is 4.90 Å². The van der Waals surface area contributed by atoms with Crippen LogP contribution in [0.15, 0.2) is 120 Å². The van der Waals surface area contributed by atoms with E-state index in [0.717, 1.165) is 5.56 Å². The lowest BCUT2D eigenvalue weighted by atomic mass is 9.98. The van der Waals surface area contributed by atoms with E-state index in [9.17, 15) is 18.6 Å². The van der Waals surface area contributed by atoms with Gasteiger partial charge in [0.05, 0.1) is 34.1 Å². The highest BCUT2D eigenvalue weighted by Gasteiger charge is 2.55. The first kappa shape index (κ1) is 37.8. The van der Waals surface area contributed by atoms with E-state index in [1.165, 1.54) is 0 Å². The number of rotatable bonds is 11. The summed E-state index contributed by atoms with van der Waals surface area (Å²) in [4.78, 5) is 41.7. The highest BCUT2D eigenvalue weighted by atomic mass is 32.2. The van der Waals surface area contributed by atoms with Gasteiger partial charge in [0, 0.05) is 4.90 Å². The fraction of sp³-hybridized carbons (Fsp3) is 0.325. The van der Waals surface area contributed by atoms with Crippen molar-refractivity contribution in [3.63, 3.8) is 0 Å². The van der Waals surface area contributed by atoms with Gasteiger partial charge in [0.25, 0.3) is 0 Å². The molecule has 51 heavy (non-hydrogen) atoms. The summed E-state index contributed by atoms with van der Waals surface area (Å²) in [6, 6.07) is 32.0. The van der Waals surface area contributed by atoms with Gasteiger partial charge in [0.15, 0.2) is 32.1 Å². The van der Waals surface area contributed by atoms with Gasteiger partial charge in [0.2, 0.25) is 0 Å². The minimum atomic E-state index is -2.43. The van der Waals surface area contributed by atoms with E-state index in [4.69, 9.17) is 23.4 Å². The molecule has 0 radical (unpaired) electrons. The Kier molecular flexibility index (Phi) is 12.1. The van der Waals surface area contributed by atoms with Gasteiger partial charge in [-0.05, 0) is 73.6 Å². The molecule has 0 amide bonds. The van der Waals surface area contributed by atoms with E-state index in [1.54, 1.807) is 103 Å².